The zero-order valence-electron chi connectivity index (χ0n) is 16.1. The van der Waals surface area contributed by atoms with Crippen molar-refractivity contribution < 1.29 is 5.11 Å². The summed E-state index contributed by atoms with van der Waals surface area (Å²) in [5.74, 6) is 0. The van der Waals surface area contributed by atoms with Gasteiger partial charge in [-0.15, -0.1) is 0 Å². The third-order valence-corrected chi connectivity index (χ3v) is 5.95. The van der Waals surface area contributed by atoms with Crippen LogP contribution in [0.5, 0.6) is 0 Å². The van der Waals surface area contributed by atoms with Crippen molar-refractivity contribution in [2.45, 2.75) is 51.0 Å². The fourth-order valence-electron chi connectivity index (χ4n) is 4.36. The molecule has 0 amide bonds. The first-order valence-corrected chi connectivity index (χ1v) is 9.82. The monoisotopic (exact) mass is 372 g/mol. The Kier molecular flexibility index (Phi) is 4.78. The van der Waals surface area contributed by atoms with Crippen LogP contribution in [0.3, 0.4) is 0 Å². The average Bonchev–Trinajstić information content (AvgIpc) is 2.73. The van der Waals surface area contributed by atoms with Gasteiger partial charge in [0.1, 0.15) is 0 Å². The lowest BCUT2D eigenvalue weighted by Gasteiger charge is -2.24. The number of rotatable bonds is 4. The summed E-state index contributed by atoms with van der Waals surface area (Å²) in [7, 11) is 0. The van der Waals surface area contributed by atoms with Crippen LogP contribution in [0.2, 0.25) is 0 Å². The number of nitrogens with zero attached hydrogens (tertiary/aromatic N) is 1. The summed E-state index contributed by atoms with van der Waals surface area (Å²) in [6.45, 7) is 1.91. The zero-order valence-corrected chi connectivity index (χ0v) is 16.1. The molecular formula is C24H24N2O2. The summed E-state index contributed by atoms with van der Waals surface area (Å²) in [5, 5.41) is 20.4. The fraction of sp³-hybridized carbons (Fsp3) is 0.333. The van der Waals surface area contributed by atoms with Crippen molar-refractivity contribution in [3.8, 4) is 6.07 Å². The second-order valence-electron chi connectivity index (χ2n) is 7.98. The molecule has 28 heavy (non-hydrogen) atoms. The summed E-state index contributed by atoms with van der Waals surface area (Å²) in [6.07, 6.45) is 4.51. The molecule has 1 aliphatic rings. The molecule has 0 aliphatic heterocycles. The molecule has 1 unspecified atom stereocenters. The van der Waals surface area contributed by atoms with E-state index in [1.807, 2.05) is 43.3 Å². The van der Waals surface area contributed by atoms with E-state index in [1.165, 1.54) is 5.56 Å². The number of aromatic nitrogens is 1. The van der Waals surface area contributed by atoms with Crippen molar-refractivity contribution in [2.75, 3.05) is 0 Å². The molecular weight excluding hydrogens is 348 g/mol. The minimum absolute atomic E-state index is 0.00802. The largest absolute Gasteiger partial charge is 0.392 e. The van der Waals surface area contributed by atoms with Gasteiger partial charge in [0.2, 0.25) is 0 Å². The topological polar surface area (TPSA) is 76.9 Å². The summed E-state index contributed by atoms with van der Waals surface area (Å²) < 4.78 is 0. The van der Waals surface area contributed by atoms with Crippen LogP contribution in [0.4, 0.5) is 0 Å². The van der Waals surface area contributed by atoms with Crippen molar-refractivity contribution >= 4 is 10.9 Å². The lowest BCUT2D eigenvalue weighted by atomic mass is 9.77. The van der Waals surface area contributed by atoms with Gasteiger partial charge in [-0.3, -0.25) is 4.79 Å². The minimum atomic E-state index is -0.727. The average molecular weight is 372 g/mol. The van der Waals surface area contributed by atoms with Crippen LogP contribution in [0, 0.1) is 11.3 Å². The van der Waals surface area contributed by atoms with E-state index < -0.39 is 5.41 Å². The molecule has 2 N–H and O–H groups in total. The number of aromatic amines is 1. The molecule has 4 nitrogen and oxygen atoms in total. The number of benzene rings is 2. The maximum Gasteiger partial charge on any atom is 0.251 e. The highest BCUT2D eigenvalue weighted by Gasteiger charge is 2.28. The predicted octanol–water partition coefficient (Wildman–Crippen LogP) is 3.92. The van der Waals surface area contributed by atoms with Gasteiger partial charge in [0.05, 0.1) is 18.1 Å². The molecule has 0 bridgehead atoms. The number of fused-ring (bicyclic) bond motifs is 3. The Hall–Kier alpha value is -2.90. The lowest BCUT2D eigenvalue weighted by molar-refractivity contribution is 0.281. The van der Waals surface area contributed by atoms with Gasteiger partial charge in [-0.1, -0.05) is 36.4 Å². The summed E-state index contributed by atoms with van der Waals surface area (Å²) in [6, 6.07) is 16.2. The third-order valence-electron chi connectivity index (χ3n) is 5.95. The van der Waals surface area contributed by atoms with E-state index in [0.717, 1.165) is 58.8 Å². The first kappa shape index (κ1) is 18.5. The van der Waals surface area contributed by atoms with E-state index >= 15 is 0 Å². The molecule has 3 aromatic rings. The molecule has 0 saturated heterocycles. The van der Waals surface area contributed by atoms with E-state index in [-0.39, 0.29) is 12.2 Å². The molecule has 4 rings (SSSR count). The van der Waals surface area contributed by atoms with Gasteiger partial charge >= 0.3 is 0 Å². The summed E-state index contributed by atoms with van der Waals surface area (Å²) in [5.41, 5.74) is 4.93. The molecule has 0 fully saturated rings. The van der Waals surface area contributed by atoms with E-state index in [0.29, 0.717) is 6.42 Å². The number of H-pyrrole nitrogens is 1. The van der Waals surface area contributed by atoms with Gasteiger partial charge in [0.15, 0.2) is 0 Å². The normalized spacial score (nSPS) is 15.6. The standard InChI is InChI=1S/C24H24N2O2/c1-24(15-25,13-16-5-4-6-17(11-16)14-27)18-9-10-20-19-7-2-3-8-21(19)23(28)26-22(20)12-18/h4-6,9-12,27H,2-3,7-8,13-14H2,1H3,(H,26,28). The van der Waals surface area contributed by atoms with Crippen LogP contribution in [0.25, 0.3) is 10.9 Å². The number of aryl methyl sites for hydroxylation is 1. The highest BCUT2D eigenvalue weighted by Crippen LogP contribution is 2.32. The SMILES string of the molecule is CC(C#N)(Cc1cccc(CO)c1)c1ccc2c3c(c(=O)[nH]c2c1)CCCC3. The Labute approximate surface area is 164 Å². The smallest absolute Gasteiger partial charge is 0.251 e. The Morgan fingerprint density at radius 1 is 1.11 bits per heavy atom. The van der Waals surface area contributed by atoms with Crippen molar-refractivity contribution in [2.24, 2.45) is 0 Å². The first-order chi connectivity index (χ1) is 13.5. The number of hydrogen-bond acceptors (Lipinski definition) is 3. The molecule has 0 radical (unpaired) electrons. The number of nitriles is 1. The molecule has 1 aliphatic carbocycles. The Balaban J connectivity index is 1.78. The molecule has 1 heterocycles. The highest BCUT2D eigenvalue weighted by molar-refractivity contribution is 5.84. The van der Waals surface area contributed by atoms with Gasteiger partial charge < -0.3 is 10.1 Å². The van der Waals surface area contributed by atoms with Crippen LogP contribution < -0.4 is 5.56 Å². The van der Waals surface area contributed by atoms with Gasteiger partial charge in [-0.2, -0.15) is 5.26 Å². The van der Waals surface area contributed by atoms with Crippen LogP contribution in [0.1, 0.15) is 47.6 Å². The number of nitrogens with one attached hydrogen (secondary N) is 1. The second-order valence-corrected chi connectivity index (χ2v) is 7.98. The van der Waals surface area contributed by atoms with Crippen LogP contribution >= 0.6 is 0 Å². The molecule has 0 saturated carbocycles. The van der Waals surface area contributed by atoms with Gasteiger partial charge in [-0.05, 0) is 67.3 Å². The maximum absolute atomic E-state index is 12.5. The molecule has 2 aromatic carbocycles. The Bertz CT molecular complexity index is 1140. The molecule has 1 aromatic heterocycles. The summed E-state index contributed by atoms with van der Waals surface area (Å²) >= 11 is 0. The Morgan fingerprint density at radius 2 is 1.86 bits per heavy atom. The van der Waals surface area contributed by atoms with Crippen molar-refractivity contribution in [3.63, 3.8) is 0 Å². The van der Waals surface area contributed by atoms with Gasteiger partial charge in [0.25, 0.3) is 5.56 Å². The molecule has 1 atom stereocenters. The van der Waals surface area contributed by atoms with Crippen molar-refractivity contribution in [1.29, 1.82) is 5.26 Å². The number of aliphatic hydroxyl groups excluding tert-OH is 1. The highest BCUT2D eigenvalue weighted by atomic mass is 16.3. The van der Waals surface area contributed by atoms with Gasteiger partial charge in [-0.25, -0.2) is 0 Å². The van der Waals surface area contributed by atoms with E-state index in [4.69, 9.17) is 0 Å². The predicted molar refractivity (Wildman–Crippen MR) is 110 cm³/mol. The van der Waals surface area contributed by atoms with E-state index in [1.54, 1.807) is 0 Å². The van der Waals surface area contributed by atoms with Crippen LogP contribution in [0.15, 0.2) is 47.3 Å². The van der Waals surface area contributed by atoms with Crippen molar-refractivity contribution in [1.82, 2.24) is 4.98 Å². The zero-order chi connectivity index (χ0) is 19.7. The number of pyridine rings is 1. The summed E-state index contributed by atoms with van der Waals surface area (Å²) in [4.78, 5) is 15.6. The number of aliphatic hydroxyl groups is 1. The van der Waals surface area contributed by atoms with Crippen LogP contribution in [-0.2, 0) is 31.3 Å². The Morgan fingerprint density at radius 3 is 2.61 bits per heavy atom. The fourth-order valence-corrected chi connectivity index (χ4v) is 4.36. The second kappa shape index (κ2) is 7.26. The first-order valence-electron chi connectivity index (χ1n) is 9.82. The molecule has 4 heteroatoms. The number of hydrogen-bond donors (Lipinski definition) is 2. The minimum Gasteiger partial charge on any atom is -0.392 e. The van der Waals surface area contributed by atoms with E-state index in [2.05, 4.69) is 17.1 Å². The quantitative estimate of drug-likeness (QED) is 0.729. The van der Waals surface area contributed by atoms with E-state index in [9.17, 15) is 15.2 Å². The van der Waals surface area contributed by atoms with Crippen molar-refractivity contribution in [3.05, 3.63) is 80.6 Å². The molecule has 0 spiro atoms. The molecule has 142 valence electrons. The van der Waals surface area contributed by atoms with Gasteiger partial charge in [0, 0.05) is 16.5 Å². The third kappa shape index (κ3) is 3.23. The lowest BCUT2D eigenvalue weighted by Crippen LogP contribution is -2.24. The van der Waals surface area contributed by atoms with Crippen LogP contribution in [-0.4, -0.2) is 10.1 Å². The maximum atomic E-state index is 12.5.